The largest absolute Gasteiger partial charge is 0.479 e. The molecule has 3 nitrogen and oxygen atoms in total. The maximum absolute atomic E-state index is 14.2. The van der Waals surface area contributed by atoms with Crippen molar-refractivity contribution >= 4 is 33.8 Å². The highest BCUT2D eigenvalue weighted by Gasteiger charge is 2.48. The number of alkyl halides is 27. The number of nitrogens with zero attached hydrogens (tertiary/aromatic N) is 2. The second kappa shape index (κ2) is 20.2. The SMILES string of the molecule is FC(F)(F)c1cc([B-](c2cc(C(F)(F)F)cc(C(F)(F)F)c2)(c2cc(C(F)(F)F)cc(C(F)(F)F)c2)c2cc(C(F)(F)F)cc(C(F)(F)F)c2)cc(C(F)(F)F)c1.O=C(C[n+]1ccncc1C(F)(F)F)c1ccccc1. The molecule has 76 heavy (non-hydrogen) atoms. The number of carbonyl (C=O) groups is 1. The molecule has 31 heteroatoms. The minimum absolute atomic E-state index is 0.374. The summed E-state index contributed by atoms with van der Waals surface area (Å²) < 4.78 is 380. The van der Waals surface area contributed by atoms with Crippen molar-refractivity contribution in [3.8, 4) is 0 Å². The Kier molecular flexibility index (Phi) is 15.9. The maximum Gasteiger partial charge on any atom is 0.479 e. The normalized spacial score (nSPS) is 13.6. The van der Waals surface area contributed by atoms with Crippen molar-refractivity contribution in [1.82, 2.24) is 4.98 Å². The number of hydrogen-bond acceptors (Lipinski definition) is 2. The molecule has 6 aromatic rings. The number of rotatable bonds is 7. The third kappa shape index (κ3) is 13.7. The predicted octanol–water partition coefficient (Wildman–Crippen LogP) is 13.5. The molecule has 0 unspecified atom stereocenters. The van der Waals surface area contributed by atoms with E-state index in [1.54, 1.807) is 30.3 Å². The summed E-state index contributed by atoms with van der Waals surface area (Å²) in [4.78, 5) is 15.3. The molecule has 0 fully saturated rings. The summed E-state index contributed by atoms with van der Waals surface area (Å²) in [6.07, 6.45) is -56.3. The van der Waals surface area contributed by atoms with Crippen LogP contribution in [0.3, 0.4) is 0 Å². The van der Waals surface area contributed by atoms with Gasteiger partial charge < -0.3 is 0 Å². The van der Waals surface area contributed by atoms with Gasteiger partial charge in [-0.2, -0.15) is 145 Å². The molecule has 0 bridgehead atoms. The molecule has 0 atom stereocenters. The Morgan fingerprint density at radius 3 is 0.842 bits per heavy atom. The number of aromatic nitrogens is 2. The van der Waals surface area contributed by atoms with Crippen molar-refractivity contribution < 1.29 is 128 Å². The van der Waals surface area contributed by atoms with Gasteiger partial charge in [0.25, 0.3) is 0 Å². The van der Waals surface area contributed by atoms with Crippen LogP contribution in [-0.4, -0.2) is 16.9 Å². The van der Waals surface area contributed by atoms with Crippen molar-refractivity contribution in [3.63, 3.8) is 0 Å². The van der Waals surface area contributed by atoms with Crippen LogP contribution >= 0.6 is 0 Å². The fourth-order valence-corrected chi connectivity index (χ4v) is 7.70. The third-order valence-electron chi connectivity index (χ3n) is 11.0. The van der Waals surface area contributed by atoms with Gasteiger partial charge in [-0.05, 0) is 24.3 Å². The highest BCUT2D eigenvalue weighted by Crippen LogP contribution is 2.41. The summed E-state index contributed by atoms with van der Waals surface area (Å²) >= 11 is 0. The fraction of sp³-hybridized carbons (Fsp3) is 0.222. The quantitative estimate of drug-likeness (QED) is 0.0691. The lowest BCUT2D eigenvalue weighted by atomic mass is 9.12. The van der Waals surface area contributed by atoms with Crippen LogP contribution in [-0.2, 0) is 62.1 Å². The molecular weight excluding hydrogens is 1110 g/mol. The molecule has 410 valence electrons. The van der Waals surface area contributed by atoms with Crippen LogP contribution in [0.5, 0.6) is 0 Å². The molecule has 0 aliphatic heterocycles. The second-order valence-electron chi connectivity index (χ2n) is 16.1. The highest BCUT2D eigenvalue weighted by molar-refractivity contribution is 7.20. The standard InChI is InChI=1S/C32H12BF24.C13H10F3N2O/c34-25(35,36)13-1-14(26(37,38)39)6-21(5-13)33(22-7-15(27(40,41)42)2-16(8-22)28(43,44)45,23-9-17(29(46,47)48)3-18(10-23)30(49,50)51)24-11-19(31(52,53)54)4-20(12-24)32(55,56)57;14-13(15,16)12-8-17-6-7-18(12)9-11(19)10-4-2-1-3-5-10/h1-12H;1-8H,9H2/q-1;+1. The number of hydrogen-bond donors (Lipinski definition) is 0. The van der Waals surface area contributed by atoms with E-state index in [1.807, 2.05) is 0 Å². The summed E-state index contributed by atoms with van der Waals surface area (Å²) in [5.41, 5.74) is -30.8. The van der Waals surface area contributed by atoms with Gasteiger partial charge in [0.1, 0.15) is 12.3 Å². The molecule has 6 rings (SSSR count). The molecule has 0 aliphatic rings. The number of ketones is 1. The van der Waals surface area contributed by atoms with Crippen LogP contribution in [0, 0.1) is 0 Å². The lowest BCUT2D eigenvalue weighted by Gasteiger charge is -2.46. The molecular formula is C45H22BF27N2O. The average molecular weight is 1130 g/mol. The molecule has 0 spiro atoms. The van der Waals surface area contributed by atoms with E-state index in [1.165, 1.54) is 6.20 Å². The second-order valence-corrected chi connectivity index (χ2v) is 16.1. The molecule has 1 aromatic heterocycles. The van der Waals surface area contributed by atoms with Crippen LogP contribution in [0.15, 0.2) is 122 Å². The van der Waals surface area contributed by atoms with Crippen molar-refractivity contribution in [2.45, 2.75) is 62.1 Å². The zero-order valence-corrected chi connectivity index (χ0v) is 36.3. The van der Waals surface area contributed by atoms with Crippen molar-refractivity contribution in [2.24, 2.45) is 0 Å². The van der Waals surface area contributed by atoms with Crippen LogP contribution < -0.4 is 26.4 Å². The summed E-state index contributed by atoms with van der Waals surface area (Å²) in [6.45, 7) is -0.374. The number of carbonyl (C=O) groups excluding carboxylic acids is 1. The molecule has 1 heterocycles. The predicted molar refractivity (Wildman–Crippen MR) is 210 cm³/mol. The van der Waals surface area contributed by atoms with Gasteiger partial charge in [-0.1, -0.05) is 78.9 Å². The molecule has 0 N–H and O–H groups in total. The molecule has 0 saturated heterocycles. The summed E-state index contributed by atoms with van der Waals surface area (Å²) in [5.74, 6) is -0.387. The minimum atomic E-state index is -6.13. The Balaban J connectivity index is 0.000000468. The average Bonchev–Trinajstić information content (AvgIpc) is 3.27. The Morgan fingerprint density at radius 1 is 0.368 bits per heavy atom. The zero-order valence-electron chi connectivity index (χ0n) is 36.3. The fourth-order valence-electron chi connectivity index (χ4n) is 7.70. The molecule has 0 aliphatic carbocycles. The Bertz CT molecular complexity index is 2630. The molecule has 0 saturated carbocycles. The monoisotopic (exact) mass is 1130 g/mol. The third-order valence-corrected chi connectivity index (χ3v) is 11.0. The number of benzene rings is 5. The van der Waals surface area contributed by atoms with Gasteiger partial charge in [0.2, 0.25) is 12.3 Å². The first-order valence-electron chi connectivity index (χ1n) is 20.1. The van der Waals surface area contributed by atoms with Crippen LogP contribution in [0.1, 0.15) is 60.6 Å². The van der Waals surface area contributed by atoms with E-state index in [0.29, 0.717) is 11.8 Å². The van der Waals surface area contributed by atoms with Gasteiger partial charge in [0, 0.05) is 5.56 Å². The Labute approximate surface area is 406 Å². The first-order chi connectivity index (χ1) is 34.2. The minimum Gasteiger partial charge on any atom is -0.287 e. The highest BCUT2D eigenvalue weighted by atomic mass is 19.4. The van der Waals surface area contributed by atoms with E-state index < -0.39 is 207 Å². The van der Waals surface area contributed by atoms with Gasteiger partial charge in [0.05, 0.1) is 50.7 Å². The lowest BCUT2D eigenvalue weighted by Crippen LogP contribution is -2.75. The van der Waals surface area contributed by atoms with Gasteiger partial charge in [0.15, 0.2) is 6.20 Å². The molecule has 0 amide bonds. The summed E-state index contributed by atoms with van der Waals surface area (Å²) in [7, 11) is 0. The van der Waals surface area contributed by atoms with Crippen molar-refractivity contribution in [3.05, 3.63) is 177 Å². The van der Waals surface area contributed by atoms with Crippen LogP contribution in [0.2, 0.25) is 0 Å². The van der Waals surface area contributed by atoms with Gasteiger partial charge in [-0.15, -0.1) is 0 Å². The summed E-state index contributed by atoms with van der Waals surface area (Å²) in [6, 6.07) is -0.619. The number of Topliss-reactive ketones (excluding diaryl/α,β-unsaturated/α-hetero) is 1. The summed E-state index contributed by atoms with van der Waals surface area (Å²) in [5, 5.41) is 0. The van der Waals surface area contributed by atoms with Gasteiger partial charge >= 0.3 is 61.3 Å². The van der Waals surface area contributed by atoms with Crippen LogP contribution in [0.25, 0.3) is 0 Å². The van der Waals surface area contributed by atoms with Crippen molar-refractivity contribution in [1.29, 1.82) is 0 Å². The van der Waals surface area contributed by atoms with Crippen molar-refractivity contribution in [2.75, 3.05) is 0 Å². The topological polar surface area (TPSA) is 33.8 Å². The Morgan fingerprint density at radius 2 is 0.618 bits per heavy atom. The van der Waals surface area contributed by atoms with E-state index in [9.17, 15) is 123 Å². The van der Waals surface area contributed by atoms with Crippen LogP contribution in [0.4, 0.5) is 119 Å². The van der Waals surface area contributed by atoms with Gasteiger partial charge in [-0.3, -0.25) is 9.78 Å². The van der Waals surface area contributed by atoms with E-state index in [4.69, 9.17) is 0 Å². The Hall–Kier alpha value is -6.98. The van der Waals surface area contributed by atoms with E-state index >= 15 is 0 Å². The van der Waals surface area contributed by atoms with E-state index in [0.717, 1.165) is 10.8 Å². The van der Waals surface area contributed by atoms with E-state index in [2.05, 4.69) is 4.98 Å². The first kappa shape index (κ1) is 59.9. The van der Waals surface area contributed by atoms with E-state index in [-0.39, 0.29) is 12.3 Å². The van der Waals surface area contributed by atoms with Gasteiger partial charge in [-0.25, -0.2) is 0 Å². The zero-order chi connectivity index (χ0) is 57.8. The lowest BCUT2D eigenvalue weighted by molar-refractivity contribution is -0.702. The smallest absolute Gasteiger partial charge is 0.287 e. The maximum atomic E-state index is 14.2. The molecule has 0 radical (unpaired) electrons. The number of halogens is 27. The molecule has 5 aromatic carbocycles. The first-order valence-corrected chi connectivity index (χ1v) is 20.1.